The molecule has 3 rings (SSSR count). The van der Waals surface area contributed by atoms with Crippen molar-refractivity contribution in [3.63, 3.8) is 0 Å². The van der Waals surface area contributed by atoms with Crippen molar-refractivity contribution in [1.29, 1.82) is 0 Å². The summed E-state index contributed by atoms with van der Waals surface area (Å²) in [4.78, 5) is 0.475. The van der Waals surface area contributed by atoms with Crippen LogP contribution in [-0.2, 0) is 14.1 Å². The second-order valence-corrected chi connectivity index (χ2v) is 10.2. The molecule has 1 aromatic rings. The Bertz CT molecular complexity index is 599. The van der Waals surface area contributed by atoms with E-state index in [4.69, 9.17) is 11.6 Å². The Balaban J connectivity index is 2.09. The van der Waals surface area contributed by atoms with E-state index in [1.165, 1.54) is 0 Å². The molecule has 0 aromatic heterocycles. The Morgan fingerprint density at radius 3 is 2.65 bits per heavy atom. The van der Waals surface area contributed by atoms with Gasteiger partial charge in [0.05, 0.1) is 4.90 Å². The topological polar surface area (TPSA) is 37.4 Å². The Kier molecular flexibility index (Phi) is 4.30. The van der Waals surface area contributed by atoms with Crippen molar-refractivity contribution in [1.82, 2.24) is 4.31 Å². The zero-order chi connectivity index (χ0) is 14.2. The van der Waals surface area contributed by atoms with Gasteiger partial charge < -0.3 is 0 Å². The maximum atomic E-state index is 12.7. The van der Waals surface area contributed by atoms with Gasteiger partial charge in [0.1, 0.15) is 4.08 Å². The van der Waals surface area contributed by atoms with Crippen LogP contribution in [0.3, 0.4) is 0 Å². The van der Waals surface area contributed by atoms with Gasteiger partial charge in [-0.2, -0.15) is 4.31 Å². The zero-order valence-corrected chi connectivity index (χ0v) is 14.1. The molecular formula is C13H16ClNO2S3. The lowest BCUT2D eigenvalue weighted by Gasteiger charge is -2.39. The summed E-state index contributed by atoms with van der Waals surface area (Å²) in [5.41, 5.74) is 0.967. The minimum Gasteiger partial charge on any atom is -0.207 e. The molecule has 2 aliphatic heterocycles. The molecule has 3 nitrogen and oxygen atoms in total. The minimum atomic E-state index is -3.37. The number of hydrogen-bond acceptors (Lipinski definition) is 4. The fraction of sp³-hybridized carbons (Fsp3) is 0.538. The first-order chi connectivity index (χ1) is 9.60. The predicted molar refractivity (Wildman–Crippen MR) is 87.1 cm³/mol. The molecule has 1 aromatic carbocycles. The third kappa shape index (κ3) is 2.39. The highest BCUT2D eigenvalue weighted by molar-refractivity contribution is 8.20. The van der Waals surface area contributed by atoms with Crippen LogP contribution in [0.4, 0.5) is 0 Å². The molecular weight excluding hydrogens is 334 g/mol. The molecule has 1 spiro atoms. The molecule has 7 heteroatoms. The van der Waals surface area contributed by atoms with Gasteiger partial charge in [0.15, 0.2) is 0 Å². The number of hydrogen-bond donors (Lipinski definition) is 0. The number of fused-ring (bicyclic) bond motifs is 2. The van der Waals surface area contributed by atoms with Gasteiger partial charge in [0, 0.05) is 30.5 Å². The third-order valence-electron chi connectivity index (χ3n) is 3.59. The van der Waals surface area contributed by atoms with Crippen LogP contribution in [0, 0.1) is 0 Å². The highest BCUT2D eigenvalue weighted by Gasteiger charge is 2.48. The van der Waals surface area contributed by atoms with Crippen molar-refractivity contribution in [2.75, 3.05) is 30.5 Å². The van der Waals surface area contributed by atoms with Crippen LogP contribution in [0.1, 0.15) is 12.0 Å². The van der Waals surface area contributed by atoms with E-state index >= 15 is 0 Å². The number of nitrogens with zero attached hydrogens (tertiary/aromatic N) is 1. The maximum Gasteiger partial charge on any atom is 0.243 e. The summed E-state index contributed by atoms with van der Waals surface area (Å²) in [6, 6.07) is 7.44. The minimum absolute atomic E-state index is 0.131. The fourth-order valence-corrected chi connectivity index (χ4v) is 8.20. The van der Waals surface area contributed by atoms with E-state index in [1.54, 1.807) is 16.4 Å². The van der Waals surface area contributed by atoms with Gasteiger partial charge in [0.2, 0.25) is 10.0 Å². The Labute approximate surface area is 133 Å². The van der Waals surface area contributed by atoms with Crippen LogP contribution in [0.15, 0.2) is 29.2 Å². The molecule has 1 saturated heterocycles. The summed E-state index contributed by atoms with van der Waals surface area (Å²) in [6.45, 7) is 1.06. The lowest BCUT2D eigenvalue weighted by atomic mass is 10.1. The first-order valence-corrected chi connectivity index (χ1v) is 10.5. The SMILES string of the molecule is O=S1(=O)c2ccccc2C2(CN1CCCCl)SCCS2. The highest BCUT2D eigenvalue weighted by atomic mass is 35.5. The monoisotopic (exact) mass is 349 g/mol. The van der Waals surface area contributed by atoms with E-state index in [0.717, 1.165) is 17.1 Å². The second kappa shape index (κ2) is 5.72. The lowest BCUT2D eigenvalue weighted by Crippen LogP contribution is -2.45. The summed E-state index contributed by atoms with van der Waals surface area (Å²) < 4.78 is 26.9. The van der Waals surface area contributed by atoms with Gasteiger partial charge in [0.25, 0.3) is 0 Å². The molecule has 20 heavy (non-hydrogen) atoms. The third-order valence-corrected chi connectivity index (χ3v) is 9.18. The average molecular weight is 350 g/mol. The van der Waals surface area contributed by atoms with E-state index in [9.17, 15) is 8.42 Å². The Morgan fingerprint density at radius 1 is 1.25 bits per heavy atom. The standard InChI is InChI=1S/C13H16ClNO2S3/c14-6-3-7-15-10-13(18-8-9-19-13)11-4-1-2-5-12(11)20(15,16)17/h1-2,4-5H,3,6-10H2. The van der Waals surface area contributed by atoms with Gasteiger partial charge in [-0.25, -0.2) is 8.42 Å². The fourth-order valence-electron chi connectivity index (χ4n) is 2.68. The first kappa shape index (κ1) is 15.0. The largest absolute Gasteiger partial charge is 0.243 e. The summed E-state index contributed by atoms with van der Waals surface area (Å²) in [5.74, 6) is 2.63. The number of rotatable bonds is 3. The molecule has 110 valence electrons. The zero-order valence-electron chi connectivity index (χ0n) is 10.9. The number of alkyl halides is 1. The molecule has 0 saturated carbocycles. The van der Waals surface area contributed by atoms with Crippen LogP contribution in [0.25, 0.3) is 0 Å². The molecule has 0 radical (unpaired) electrons. The van der Waals surface area contributed by atoms with Crippen molar-refractivity contribution >= 4 is 45.1 Å². The van der Waals surface area contributed by atoms with Crippen LogP contribution in [-0.4, -0.2) is 43.2 Å². The van der Waals surface area contributed by atoms with Gasteiger partial charge in [-0.1, -0.05) is 18.2 Å². The molecule has 0 unspecified atom stereocenters. The van der Waals surface area contributed by atoms with Gasteiger partial charge in [-0.15, -0.1) is 35.1 Å². The number of sulfonamides is 1. The van der Waals surface area contributed by atoms with Crippen LogP contribution < -0.4 is 0 Å². The van der Waals surface area contributed by atoms with Crippen molar-refractivity contribution in [3.8, 4) is 0 Å². The van der Waals surface area contributed by atoms with Crippen molar-refractivity contribution < 1.29 is 8.42 Å². The summed E-state index contributed by atoms with van der Waals surface area (Å²) in [7, 11) is -3.37. The molecule has 1 fully saturated rings. The molecule has 0 amide bonds. The average Bonchev–Trinajstić information content (AvgIpc) is 2.92. The number of thioether (sulfide) groups is 2. The molecule has 0 N–H and O–H groups in total. The van der Waals surface area contributed by atoms with Gasteiger partial charge >= 0.3 is 0 Å². The lowest BCUT2D eigenvalue weighted by molar-refractivity contribution is 0.390. The van der Waals surface area contributed by atoms with Crippen molar-refractivity contribution in [2.24, 2.45) is 0 Å². The van der Waals surface area contributed by atoms with Gasteiger partial charge in [-0.05, 0) is 18.1 Å². The Hall–Kier alpha value is 0.120. The van der Waals surface area contributed by atoms with E-state index < -0.39 is 10.0 Å². The molecule has 0 bridgehead atoms. The normalized spacial score (nSPS) is 23.9. The van der Waals surface area contributed by atoms with E-state index in [-0.39, 0.29) is 4.08 Å². The van der Waals surface area contributed by atoms with Crippen LogP contribution >= 0.6 is 35.1 Å². The van der Waals surface area contributed by atoms with Crippen LogP contribution in [0.2, 0.25) is 0 Å². The predicted octanol–water partition coefficient (Wildman–Crippen LogP) is 2.95. The van der Waals surface area contributed by atoms with E-state index in [0.29, 0.717) is 30.3 Å². The van der Waals surface area contributed by atoms with Crippen molar-refractivity contribution in [2.45, 2.75) is 15.4 Å². The molecule has 0 aliphatic carbocycles. The van der Waals surface area contributed by atoms with Gasteiger partial charge in [-0.3, -0.25) is 0 Å². The Morgan fingerprint density at radius 2 is 1.95 bits per heavy atom. The van der Waals surface area contributed by atoms with E-state index in [2.05, 4.69) is 0 Å². The summed E-state index contributed by atoms with van der Waals surface area (Å²) in [5, 5.41) is 0. The molecule has 0 atom stereocenters. The van der Waals surface area contributed by atoms with E-state index in [1.807, 2.05) is 35.7 Å². The highest BCUT2D eigenvalue weighted by Crippen LogP contribution is 2.56. The first-order valence-electron chi connectivity index (χ1n) is 6.54. The summed E-state index contributed by atoms with van der Waals surface area (Å²) in [6.07, 6.45) is 0.689. The smallest absolute Gasteiger partial charge is 0.207 e. The maximum absolute atomic E-state index is 12.7. The van der Waals surface area contributed by atoms with Crippen molar-refractivity contribution in [3.05, 3.63) is 29.8 Å². The second-order valence-electron chi connectivity index (χ2n) is 4.83. The quantitative estimate of drug-likeness (QED) is 0.786. The molecule has 2 heterocycles. The molecule has 2 aliphatic rings. The van der Waals surface area contributed by atoms with Crippen LogP contribution in [0.5, 0.6) is 0 Å². The number of halogens is 1. The summed E-state index contributed by atoms with van der Waals surface area (Å²) >= 11 is 9.47. The number of benzene rings is 1.